The number of benzene rings is 1. The van der Waals surface area contributed by atoms with Crippen molar-refractivity contribution in [2.75, 3.05) is 11.9 Å². The molecule has 0 amide bonds. The molecular formula is C14H13BrFN3O2. The van der Waals surface area contributed by atoms with Gasteiger partial charge in [-0.2, -0.15) is 0 Å². The monoisotopic (exact) mass is 353 g/mol. The summed E-state index contributed by atoms with van der Waals surface area (Å²) in [5.41, 5.74) is 1.76. The van der Waals surface area contributed by atoms with Crippen LogP contribution in [0, 0.1) is 22.9 Å². The average Bonchev–Trinajstić information content (AvgIpc) is 2.42. The zero-order valence-corrected chi connectivity index (χ0v) is 12.9. The Hall–Kier alpha value is -2.02. The Morgan fingerprint density at radius 3 is 2.86 bits per heavy atom. The Morgan fingerprint density at radius 1 is 1.43 bits per heavy atom. The number of pyridine rings is 1. The van der Waals surface area contributed by atoms with Crippen LogP contribution in [0.4, 0.5) is 15.9 Å². The van der Waals surface area contributed by atoms with Gasteiger partial charge in [0.25, 0.3) is 0 Å². The second kappa shape index (κ2) is 6.62. The summed E-state index contributed by atoms with van der Waals surface area (Å²) in [5.74, 6) is -0.0441. The molecule has 1 N–H and O–H groups in total. The lowest BCUT2D eigenvalue weighted by molar-refractivity contribution is -0.384. The van der Waals surface area contributed by atoms with Crippen molar-refractivity contribution in [2.24, 2.45) is 0 Å². The van der Waals surface area contributed by atoms with Gasteiger partial charge < -0.3 is 5.32 Å². The van der Waals surface area contributed by atoms with Crippen molar-refractivity contribution in [3.8, 4) is 0 Å². The Labute approximate surface area is 129 Å². The van der Waals surface area contributed by atoms with Gasteiger partial charge in [-0.25, -0.2) is 9.37 Å². The highest BCUT2D eigenvalue weighted by molar-refractivity contribution is 9.10. The van der Waals surface area contributed by atoms with Crippen LogP contribution in [0.25, 0.3) is 0 Å². The topological polar surface area (TPSA) is 68.1 Å². The van der Waals surface area contributed by atoms with E-state index in [1.807, 2.05) is 6.92 Å². The van der Waals surface area contributed by atoms with E-state index in [2.05, 4.69) is 26.2 Å². The molecule has 0 saturated heterocycles. The molecule has 110 valence electrons. The number of aromatic nitrogens is 1. The minimum atomic E-state index is -0.483. The summed E-state index contributed by atoms with van der Waals surface area (Å²) in [6.45, 7) is 2.31. The Bertz CT molecular complexity index is 679. The fraction of sp³-hybridized carbons (Fsp3) is 0.214. The smallest absolute Gasteiger partial charge is 0.312 e. The number of hydrogen-bond acceptors (Lipinski definition) is 4. The zero-order chi connectivity index (χ0) is 15.4. The van der Waals surface area contributed by atoms with Crippen molar-refractivity contribution in [2.45, 2.75) is 13.3 Å². The molecule has 0 bridgehead atoms. The number of nitrogens with zero attached hydrogens (tertiary/aromatic N) is 2. The van der Waals surface area contributed by atoms with Crippen LogP contribution < -0.4 is 5.32 Å². The van der Waals surface area contributed by atoms with Crippen LogP contribution in [-0.4, -0.2) is 16.5 Å². The third-order valence-electron chi connectivity index (χ3n) is 3.02. The first-order chi connectivity index (χ1) is 9.97. The lowest BCUT2D eigenvalue weighted by atomic mass is 10.1. The Kier molecular flexibility index (Phi) is 4.85. The third-order valence-corrected chi connectivity index (χ3v) is 3.46. The summed E-state index contributed by atoms with van der Waals surface area (Å²) in [7, 11) is 0. The van der Waals surface area contributed by atoms with Crippen LogP contribution in [0.1, 0.15) is 11.1 Å². The average molecular weight is 354 g/mol. The Morgan fingerprint density at radius 2 is 2.19 bits per heavy atom. The predicted octanol–water partition coefficient (Wildman–Crippen LogP) is 3.85. The molecule has 0 aliphatic carbocycles. The fourth-order valence-corrected chi connectivity index (χ4v) is 2.28. The van der Waals surface area contributed by atoms with Gasteiger partial charge in [0.2, 0.25) is 5.82 Å². The number of aryl methyl sites for hydroxylation is 1. The summed E-state index contributed by atoms with van der Waals surface area (Å²) >= 11 is 3.16. The SMILES string of the molecule is Cc1cc(F)ccc1CCNc1ncc(Br)cc1[N+](=O)[O-]. The maximum absolute atomic E-state index is 13.0. The van der Waals surface area contributed by atoms with Gasteiger partial charge >= 0.3 is 5.69 Å². The van der Waals surface area contributed by atoms with Gasteiger partial charge in [-0.3, -0.25) is 10.1 Å². The van der Waals surface area contributed by atoms with E-state index in [4.69, 9.17) is 0 Å². The quantitative estimate of drug-likeness (QED) is 0.654. The summed E-state index contributed by atoms with van der Waals surface area (Å²) in [6.07, 6.45) is 2.12. The highest BCUT2D eigenvalue weighted by Gasteiger charge is 2.15. The number of nitrogens with one attached hydrogen (secondary N) is 1. The molecular weight excluding hydrogens is 341 g/mol. The summed E-state index contributed by atoms with van der Waals surface area (Å²) in [6, 6.07) is 5.99. The minimum absolute atomic E-state index is 0.0831. The van der Waals surface area contributed by atoms with Crippen molar-refractivity contribution in [1.82, 2.24) is 4.98 Å². The van der Waals surface area contributed by atoms with E-state index in [9.17, 15) is 14.5 Å². The predicted molar refractivity (Wildman–Crippen MR) is 81.9 cm³/mol. The molecule has 2 rings (SSSR count). The van der Waals surface area contributed by atoms with Gasteiger partial charge in [0.1, 0.15) is 5.82 Å². The molecule has 0 radical (unpaired) electrons. The highest BCUT2D eigenvalue weighted by atomic mass is 79.9. The van der Waals surface area contributed by atoms with Gasteiger partial charge in [-0.1, -0.05) is 6.07 Å². The molecule has 5 nitrogen and oxygen atoms in total. The van der Waals surface area contributed by atoms with Crippen molar-refractivity contribution in [1.29, 1.82) is 0 Å². The molecule has 21 heavy (non-hydrogen) atoms. The standard InChI is InChI=1S/C14H13BrFN3O2/c1-9-6-12(16)3-2-10(9)4-5-17-14-13(19(20)21)7-11(15)8-18-14/h2-3,6-8H,4-5H2,1H3,(H,17,18). The van der Waals surface area contributed by atoms with Gasteiger partial charge in [-0.15, -0.1) is 0 Å². The molecule has 1 aromatic carbocycles. The molecule has 0 fully saturated rings. The van der Waals surface area contributed by atoms with Gasteiger partial charge in [0, 0.05) is 23.3 Å². The van der Waals surface area contributed by atoms with E-state index in [0.717, 1.165) is 11.1 Å². The van der Waals surface area contributed by atoms with Crippen LogP contribution in [0.2, 0.25) is 0 Å². The molecule has 7 heteroatoms. The van der Waals surface area contributed by atoms with E-state index in [1.165, 1.54) is 24.4 Å². The number of halogens is 2. The number of rotatable bonds is 5. The van der Waals surface area contributed by atoms with Crippen molar-refractivity contribution >= 4 is 27.4 Å². The second-order valence-corrected chi connectivity index (χ2v) is 5.44. The molecule has 0 atom stereocenters. The van der Waals surface area contributed by atoms with Crippen LogP contribution in [0.3, 0.4) is 0 Å². The number of hydrogen-bond donors (Lipinski definition) is 1. The molecule has 2 aromatic rings. The number of anilines is 1. The third kappa shape index (κ3) is 3.98. The summed E-state index contributed by atoms with van der Waals surface area (Å²) in [4.78, 5) is 14.5. The van der Waals surface area contributed by atoms with Crippen LogP contribution in [-0.2, 0) is 6.42 Å². The van der Waals surface area contributed by atoms with Crippen LogP contribution >= 0.6 is 15.9 Å². The maximum atomic E-state index is 13.0. The second-order valence-electron chi connectivity index (χ2n) is 4.53. The summed E-state index contributed by atoms with van der Waals surface area (Å²) in [5, 5.41) is 13.9. The molecule has 0 unspecified atom stereocenters. The van der Waals surface area contributed by atoms with Gasteiger partial charge in [-0.05, 0) is 52.5 Å². The van der Waals surface area contributed by atoms with Gasteiger partial charge in [0.05, 0.1) is 4.92 Å². The largest absolute Gasteiger partial charge is 0.364 e. The van der Waals surface area contributed by atoms with E-state index in [-0.39, 0.29) is 17.3 Å². The fourth-order valence-electron chi connectivity index (χ4n) is 1.96. The lowest BCUT2D eigenvalue weighted by Crippen LogP contribution is -2.09. The Balaban J connectivity index is 2.05. The molecule has 0 spiro atoms. The molecule has 0 saturated carbocycles. The normalized spacial score (nSPS) is 10.4. The van der Waals surface area contributed by atoms with Crippen molar-refractivity contribution in [3.63, 3.8) is 0 Å². The van der Waals surface area contributed by atoms with Crippen molar-refractivity contribution < 1.29 is 9.31 Å². The molecule has 1 aromatic heterocycles. The molecule has 0 aliphatic heterocycles. The minimum Gasteiger partial charge on any atom is -0.364 e. The van der Waals surface area contributed by atoms with Gasteiger partial charge in [0.15, 0.2) is 0 Å². The van der Waals surface area contributed by atoms with Crippen LogP contribution in [0.15, 0.2) is 34.9 Å². The summed E-state index contributed by atoms with van der Waals surface area (Å²) < 4.78 is 13.6. The first kappa shape index (κ1) is 15.4. The van der Waals surface area contributed by atoms with E-state index in [1.54, 1.807) is 6.07 Å². The first-order valence-electron chi connectivity index (χ1n) is 6.26. The van der Waals surface area contributed by atoms with E-state index in [0.29, 0.717) is 17.4 Å². The molecule has 1 heterocycles. The highest BCUT2D eigenvalue weighted by Crippen LogP contribution is 2.25. The maximum Gasteiger partial charge on any atom is 0.312 e. The molecule has 0 aliphatic rings. The zero-order valence-electron chi connectivity index (χ0n) is 11.3. The van der Waals surface area contributed by atoms with E-state index < -0.39 is 4.92 Å². The van der Waals surface area contributed by atoms with E-state index >= 15 is 0 Å². The van der Waals surface area contributed by atoms with Crippen LogP contribution in [0.5, 0.6) is 0 Å². The van der Waals surface area contributed by atoms with Crippen molar-refractivity contribution in [3.05, 3.63) is 62.0 Å². The first-order valence-corrected chi connectivity index (χ1v) is 7.05. The number of nitro groups is 1. The lowest BCUT2D eigenvalue weighted by Gasteiger charge is -2.08.